The van der Waals surface area contributed by atoms with E-state index >= 15 is 0 Å². The van der Waals surface area contributed by atoms with Gasteiger partial charge in [-0.25, -0.2) is 0 Å². The summed E-state index contributed by atoms with van der Waals surface area (Å²) in [7, 11) is 0. The molecule has 1 aliphatic rings. The Morgan fingerprint density at radius 1 is 1.30 bits per heavy atom. The zero-order valence-corrected chi connectivity index (χ0v) is 19.5. The number of hydrogen-bond donors (Lipinski definition) is 1. The second-order valence-corrected chi connectivity index (χ2v) is 7.66. The lowest BCUT2D eigenvalue weighted by Crippen LogP contribution is -2.52. The number of aryl methyl sites for hydroxylation is 2. The van der Waals surface area contributed by atoms with Gasteiger partial charge in [0.2, 0.25) is 0 Å². The van der Waals surface area contributed by atoms with Crippen molar-refractivity contribution >= 4 is 41.3 Å². The molecule has 2 aromatic rings. The van der Waals surface area contributed by atoms with Gasteiger partial charge >= 0.3 is 0 Å². The molecule has 1 fully saturated rings. The van der Waals surface area contributed by atoms with E-state index in [9.17, 15) is 0 Å². The fraction of sp³-hybridized carbons (Fsp3) is 0.579. The number of nitrogens with zero attached hydrogens (tertiary/aromatic N) is 4. The zero-order chi connectivity index (χ0) is 18.4. The summed E-state index contributed by atoms with van der Waals surface area (Å²) in [5.41, 5.74) is 2.16. The molecule has 3 heterocycles. The topological polar surface area (TPSA) is 56.9 Å². The molecule has 0 aliphatic carbocycles. The van der Waals surface area contributed by atoms with E-state index in [1.165, 1.54) is 10.4 Å². The van der Waals surface area contributed by atoms with Crippen LogP contribution in [0.3, 0.4) is 0 Å². The Morgan fingerprint density at radius 3 is 2.67 bits per heavy atom. The number of halogens is 1. The van der Waals surface area contributed by atoms with Crippen molar-refractivity contribution in [3.8, 4) is 0 Å². The van der Waals surface area contributed by atoms with Gasteiger partial charge in [0, 0.05) is 56.3 Å². The highest BCUT2D eigenvalue weighted by atomic mass is 127. The number of hydrogen-bond acceptors (Lipinski definition) is 5. The van der Waals surface area contributed by atoms with E-state index in [0.29, 0.717) is 0 Å². The van der Waals surface area contributed by atoms with E-state index in [4.69, 9.17) is 9.52 Å². The summed E-state index contributed by atoms with van der Waals surface area (Å²) in [5.74, 6) is 1.93. The molecular weight excluding hydrogens is 473 g/mol. The fourth-order valence-electron chi connectivity index (χ4n) is 3.30. The van der Waals surface area contributed by atoms with Crippen molar-refractivity contribution in [3.63, 3.8) is 0 Å². The molecule has 8 heteroatoms. The second kappa shape index (κ2) is 11.0. The van der Waals surface area contributed by atoms with Gasteiger partial charge in [-0.2, -0.15) is 0 Å². The zero-order valence-electron chi connectivity index (χ0n) is 16.4. The number of aromatic nitrogens is 1. The van der Waals surface area contributed by atoms with Crippen LogP contribution in [-0.4, -0.2) is 60.2 Å². The highest BCUT2D eigenvalue weighted by Gasteiger charge is 2.20. The molecule has 6 nitrogen and oxygen atoms in total. The SMILES string of the molecule is CCNC(=NCCc1c(C)noc1C)N1CCN(Cc2cccs2)CC1.I. The van der Waals surface area contributed by atoms with Crippen molar-refractivity contribution in [1.82, 2.24) is 20.3 Å². The Balaban J connectivity index is 0.00000261. The predicted octanol–water partition coefficient (Wildman–Crippen LogP) is 3.30. The van der Waals surface area contributed by atoms with E-state index in [2.05, 4.69) is 44.7 Å². The molecule has 1 aliphatic heterocycles. The highest BCUT2D eigenvalue weighted by Crippen LogP contribution is 2.14. The lowest BCUT2D eigenvalue weighted by Gasteiger charge is -2.36. The van der Waals surface area contributed by atoms with Gasteiger partial charge in [0.1, 0.15) is 5.76 Å². The first-order valence-electron chi connectivity index (χ1n) is 9.37. The molecule has 0 unspecified atom stereocenters. The van der Waals surface area contributed by atoms with Gasteiger partial charge in [-0.3, -0.25) is 9.89 Å². The summed E-state index contributed by atoms with van der Waals surface area (Å²) in [6.07, 6.45) is 0.869. The number of nitrogens with one attached hydrogen (secondary N) is 1. The number of aliphatic imine (C=N–C) groups is 1. The van der Waals surface area contributed by atoms with Crippen molar-refractivity contribution in [2.24, 2.45) is 4.99 Å². The van der Waals surface area contributed by atoms with Crippen LogP contribution in [0.25, 0.3) is 0 Å². The Bertz CT molecular complexity index is 688. The predicted molar refractivity (Wildman–Crippen MR) is 122 cm³/mol. The molecule has 0 radical (unpaired) electrons. The van der Waals surface area contributed by atoms with Gasteiger partial charge in [-0.15, -0.1) is 35.3 Å². The minimum absolute atomic E-state index is 0. The van der Waals surface area contributed by atoms with E-state index in [1.54, 1.807) is 0 Å². The molecule has 0 atom stereocenters. The molecule has 1 saturated heterocycles. The number of piperazine rings is 1. The van der Waals surface area contributed by atoms with Crippen LogP contribution in [0.1, 0.15) is 28.8 Å². The molecule has 0 bridgehead atoms. The monoisotopic (exact) mass is 503 g/mol. The van der Waals surface area contributed by atoms with Crippen molar-refractivity contribution in [2.75, 3.05) is 39.3 Å². The van der Waals surface area contributed by atoms with Gasteiger partial charge in [0.05, 0.1) is 5.69 Å². The number of guanidine groups is 1. The summed E-state index contributed by atoms with van der Waals surface area (Å²) >= 11 is 1.84. The van der Waals surface area contributed by atoms with Crippen LogP contribution in [0.2, 0.25) is 0 Å². The van der Waals surface area contributed by atoms with Gasteiger partial charge in [0.15, 0.2) is 5.96 Å². The average molecular weight is 503 g/mol. The molecule has 0 aromatic carbocycles. The molecule has 150 valence electrons. The summed E-state index contributed by atoms with van der Waals surface area (Å²) in [4.78, 5) is 11.2. The van der Waals surface area contributed by atoms with E-state index in [-0.39, 0.29) is 24.0 Å². The maximum Gasteiger partial charge on any atom is 0.194 e. The van der Waals surface area contributed by atoms with E-state index in [0.717, 1.165) is 69.6 Å². The first-order valence-corrected chi connectivity index (χ1v) is 10.2. The Labute approximate surface area is 183 Å². The molecule has 0 spiro atoms. The summed E-state index contributed by atoms with van der Waals surface area (Å²) < 4.78 is 5.24. The quantitative estimate of drug-likeness (QED) is 0.373. The Kier molecular flexibility index (Phi) is 9.04. The average Bonchev–Trinajstić information content (AvgIpc) is 3.26. The summed E-state index contributed by atoms with van der Waals surface area (Å²) in [5, 5.41) is 9.62. The maximum absolute atomic E-state index is 5.24. The normalized spacial score (nSPS) is 15.7. The van der Waals surface area contributed by atoms with Crippen LogP contribution in [0.4, 0.5) is 0 Å². The lowest BCUT2D eigenvalue weighted by atomic mass is 10.1. The van der Waals surface area contributed by atoms with Gasteiger partial charge < -0.3 is 14.7 Å². The minimum atomic E-state index is 0. The third-order valence-corrected chi connectivity index (χ3v) is 5.63. The largest absolute Gasteiger partial charge is 0.361 e. The van der Waals surface area contributed by atoms with E-state index < -0.39 is 0 Å². The third-order valence-electron chi connectivity index (χ3n) is 4.77. The Hall–Kier alpha value is -1.13. The minimum Gasteiger partial charge on any atom is -0.361 e. The van der Waals surface area contributed by atoms with Crippen molar-refractivity contribution in [2.45, 2.75) is 33.7 Å². The summed E-state index contributed by atoms with van der Waals surface area (Å²) in [6, 6.07) is 4.35. The third kappa shape index (κ3) is 6.18. The molecule has 0 amide bonds. The van der Waals surface area contributed by atoms with Crippen molar-refractivity contribution < 1.29 is 4.52 Å². The standard InChI is InChI=1S/C19H29N5OS.HI/c1-4-20-19(21-8-7-18-15(2)22-25-16(18)3)24-11-9-23(10-12-24)14-17-6-5-13-26-17;/h5-6,13H,4,7-12,14H2,1-3H3,(H,20,21);1H. The van der Waals surface area contributed by atoms with Gasteiger partial charge in [-0.05, 0) is 38.6 Å². The van der Waals surface area contributed by atoms with Gasteiger partial charge in [-0.1, -0.05) is 11.2 Å². The molecule has 27 heavy (non-hydrogen) atoms. The maximum atomic E-state index is 5.24. The van der Waals surface area contributed by atoms with Gasteiger partial charge in [0.25, 0.3) is 0 Å². The summed E-state index contributed by atoms with van der Waals surface area (Å²) in [6.45, 7) is 13.0. The lowest BCUT2D eigenvalue weighted by molar-refractivity contribution is 0.173. The number of rotatable bonds is 6. The fourth-order valence-corrected chi connectivity index (χ4v) is 4.05. The first kappa shape index (κ1) is 22.2. The molecule has 0 saturated carbocycles. The van der Waals surface area contributed by atoms with Crippen molar-refractivity contribution in [1.29, 1.82) is 0 Å². The molecule has 3 rings (SSSR count). The van der Waals surface area contributed by atoms with Crippen molar-refractivity contribution in [3.05, 3.63) is 39.4 Å². The second-order valence-electron chi connectivity index (χ2n) is 6.63. The van der Waals surface area contributed by atoms with Crippen LogP contribution in [0.15, 0.2) is 27.0 Å². The smallest absolute Gasteiger partial charge is 0.194 e. The van der Waals surface area contributed by atoms with Crippen LogP contribution in [-0.2, 0) is 13.0 Å². The number of thiophene rings is 1. The molecule has 1 N–H and O–H groups in total. The molecular formula is C19H30IN5OS. The van der Waals surface area contributed by atoms with Crippen LogP contribution in [0, 0.1) is 13.8 Å². The van der Waals surface area contributed by atoms with Crippen LogP contribution < -0.4 is 5.32 Å². The Morgan fingerprint density at radius 2 is 2.07 bits per heavy atom. The molecule has 2 aromatic heterocycles. The van der Waals surface area contributed by atoms with E-state index in [1.807, 2.05) is 25.2 Å². The first-order chi connectivity index (χ1) is 12.7. The van der Waals surface area contributed by atoms with Crippen LogP contribution in [0.5, 0.6) is 0 Å². The van der Waals surface area contributed by atoms with Crippen LogP contribution >= 0.6 is 35.3 Å². The highest BCUT2D eigenvalue weighted by molar-refractivity contribution is 14.0.